The van der Waals surface area contributed by atoms with E-state index in [1.807, 2.05) is 6.92 Å². The number of hydrogen-bond acceptors (Lipinski definition) is 4. The van der Waals surface area contributed by atoms with Crippen molar-refractivity contribution in [2.24, 2.45) is 0 Å². The molecule has 0 bridgehead atoms. The molecule has 0 aromatic heterocycles. The summed E-state index contributed by atoms with van der Waals surface area (Å²) >= 11 is 1.73. The molecule has 0 aliphatic carbocycles. The highest BCUT2D eigenvalue weighted by Gasteiger charge is 2.22. The van der Waals surface area contributed by atoms with Crippen molar-refractivity contribution < 1.29 is 14.3 Å². The molecule has 1 aliphatic rings. The van der Waals surface area contributed by atoms with Crippen molar-refractivity contribution in [1.82, 2.24) is 0 Å². The van der Waals surface area contributed by atoms with Crippen LogP contribution in [0, 0.1) is 0 Å². The second-order valence-corrected chi connectivity index (χ2v) is 4.17. The molecule has 1 heterocycles. The summed E-state index contributed by atoms with van der Waals surface area (Å²) in [4.78, 5) is 11.1. The highest BCUT2D eigenvalue weighted by atomic mass is 32.2. The lowest BCUT2D eigenvalue weighted by atomic mass is 10.4. The zero-order chi connectivity index (χ0) is 9.84. The summed E-state index contributed by atoms with van der Waals surface area (Å²) in [5, 5.41) is 0. The molecule has 74 valence electrons. The largest absolute Gasteiger partial charge is 0.431 e. The lowest BCUT2D eigenvalue weighted by Crippen LogP contribution is -2.33. The van der Waals surface area contributed by atoms with Crippen LogP contribution in [0.1, 0.15) is 13.8 Å². The maximum atomic E-state index is 11.1. The molecular weight excluding hydrogens is 188 g/mol. The fourth-order valence-electron chi connectivity index (χ4n) is 0.950. The molecule has 0 saturated carbocycles. The van der Waals surface area contributed by atoms with E-state index in [4.69, 9.17) is 9.47 Å². The summed E-state index contributed by atoms with van der Waals surface area (Å²) < 4.78 is 10.4. The smallest absolute Gasteiger partial charge is 0.335 e. The normalized spacial score (nSPS) is 28.2. The Kier molecular flexibility index (Phi) is 3.81. The SMILES string of the molecule is C=C(C)C(=O)OC1CSCC(C)O1. The van der Waals surface area contributed by atoms with E-state index in [0.717, 1.165) is 5.75 Å². The molecule has 1 rings (SSSR count). The lowest BCUT2D eigenvalue weighted by molar-refractivity contribution is -0.176. The van der Waals surface area contributed by atoms with E-state index in [2.05, 4.69) is 6.58 Å². The third kappa shape index (κ3) is 3.40. The second kappa shape index (κ2) is 4.67. The predicted molar refractivity (Wildman–Crippen MR) is 52.6 cm³/mol. The molecule has 0 aromatic rings. The molecule has 1 aliphatic heterocycles. The van der Waals surface area contributed by atoms with Crippen LogP contribution in [-0.2, 0) is 14.3 Å². The van der Waals surface area contributed by atoms with Gasteiger partial charge in [0.15, 0.2) is 0 Å². The number of esters is 1. The van der Waals surface area contributed by atoms with Gasteiger partial charge in [-0.1, -0.05) is 6.58 Å². The summed E-state index contributed by atoms with van der Waals surface area (Å²) in [5.41, 5.74) is 0.409. The van der Waals surface area contributed by atoms with Gasteiger partial charge in [0.2, 0.25) is 6.29 Å². The maximum absolute atomic E-state index is 11.1. The number of ether oxygens (including phenoxy) is 2. The fraction of sp³-hybridized carbons (Fsp3) is 0.667. The Labute approximate surface area is 82.5 Å². The molecule has 13 heavy (non-hydrogen) atoms. The molecule has 0 spiro atoms. The molecule has 0 aromatic carbocycles. The van der Waals surface area contributed by atoms with Crippen LogP contribution in [0.3, 0.4) is 0 Å². The van der Waals surface area contributed by atoms with Gasteiger partial charge in [-0.25, -0.2) is 4.79 Å². The Bertz CT molecular complexity index is 215. The summed E-state index contributed by atoms with van der Waals surface area (Å²) in [5.74, 6) is 1.30. The fourth-order valence-corrected chi connectivity index (χ4v) is 1.84. The maximum Gasteiger partial charge on any atom is 0.335 e. The van der Waals surface area contributed by atoms with E-state index in [-0.39, 0.29) is 12.1 Å². The minimum absolute atomic E-state index is 0.154. The first-order valence-corrected chi connectivity index (χ1v) is 5.34. The zero-order valence-corrected chi connectivity index (χ0v) is 8.73. The van der Waals surface area contributed by atoms with Gasteiger partial charge in [0.25, 0.3) is 0 Å². The van der Waals surface area contributed by atoms with Crippen LogP contribution in [0.25, 0.3) is 0 Å². The Hall–Kier alpha value is -0.480. The molecule has 1 saturated heterocycles. The molecule has 0 amide bonds. The van der Waals surface area contributed by atoms with Crippen LogP contribution in [0.15, 0.2) is 12.2 Å². The average Bonchev–Trinajstić information content (AvgIpc) is 2.04. The highest BCUT2D eigenvalue weighted by molar-refractivity contribution is 7.99. The van der Waals surface area contributed by atoms with E-state index in [9.17, 15) is 4.79 Å². The Morgan fingerprint density at radius 1 is 1.62 bits per heavy atom. The predicted octanol–water partition coefficient (Wildman–Crippen LogP) is 1.58. The molecule has 1 fully saturated rings. The van der Waals surface area contributed by atoms with Crippen molar-refractivity contribution in [3.8, 4) is 0 Å². The van der Waals surface area contributed by atoms with Crippen molar-refractivity contribution in [3.05, 3.63) is 12.2 Å². The van der Waals surface area contributed by atoms with Gasteiger partial charge in [0.05, 0.1) is 11.9 Å². The van der Waals surface area contributed by atoms with Gasteiger partial charge in [-0.3, -0.25) is 0 Å². The van der Waals surface area contributed by atoms with Gasteiger partial charge < -0.3 is 9.47 Å². The summed E-state index contributed by atoms with van der Waals surface area (Å²) in [6.07, 6.45) is -0.250. The average molecular weight is 202 g/mol. The molecule has 2 unspecified atom stereocenters. The lowest BCUT2D eigenvalue weighted by Gasteiger charge is -2.26. The van der Waals surface area contributed by atoms with Crippen LogP contribution in [0.2, 0.25) is 0 Å². The summed E-state index contributed by atoms with van der Waals surface area (Å²) in [6, 6.07) is 0. The van der Waals surface area contributed by atoms with Crippen molar-refractivity contribution in [1.29, 1.82) is 0 Å². The van der Waals surface area contributed by atoms with E-state index >= 15 is 0 Å². The Morgan fingerprint density at radius 3 is 2.85 bits per heavy atom. The van der Waals surface area contributed by atoms with Gasteiger partial charge in [-0.15, -0.1) is 0 Å². The topological polar surface area (TPSA) is 35.5 Å². The quantitative estimate of drug-likeness (QED) is 0.503. The number of carbonyl (C=O) groups is 1. The first kappa shape index (κ1) is 10.6. The first-order valence-electron chi connectivity index (χ1n) is 4.19. The van der Waals surface area contributed by atoms with Crippen LogP contribution < -0.4 is 0 Å². The second-order valence-electron chi connectivity index (χ2n) is 3.10. The number of hydrogen-bond donors (Lipinski definition) is 0. The zero-order valence-electron chi connectivity index (χ0n) is 7.91. The standard InChI is InChI=1S/C9H14O3S/c1-6(2)9(10)12-8-5-13-4-7(3)11-8/h7-8H,1,4-5H2,2-3H3. The van der Waals surface area contributed by atoms with E-state index < -0.39 is 6.29 Å². The summed E-state index contributed by atoms with van der Waals surface area (Å²) in [6.45, 7) is 7.10. The van der Waals surface area contributed by atoms with Gasteiger partial charge >= 0.3 is 5.97 Å². The van der Waals surface area contributed by atoms with Crippen molar-refractivity contribution in [2.45, 2.75) is 26.2 Å². The van der Waals surface area contributed by atoms with Crippen molar-refractivity contribution >= 4 is 17.7 Å². The van der Waals surface area contributed by atoms with Gasteiger partial charge in [-0.2, -0.15) is 11.8 Å². The van der Waals surface area contributed by atoms with Crippen LogP contribution in [0.5, 0.6) is 0 Å². The molecule has 3 nitrogen and oxygen atoms in total. The summed E-state index contributed by atoms with van der Waals surface area (Å²) in [7, 11) is 0. The monoisotopic (exact) mass is 202 g/mol. The van der Waals surface area contributed by atoms with Crippen LogP contribution in [0.4, 0.5) is 0 Å². The molecule has 0 radical (unpaired) electrons. The minimum atomic E-state index is -0.405. The molecule has 0 N–H and O–H groups in total. The number of thioether (sulfide) groups is 1. The Morgan fingerprint density at radius 2 is 2.31 bits per heavy atom. The van der Waals surface area contributed by atoms with Gasteiger partial charge in [0, 0.05) is 11.3 Å². The van der Waals surface area contributed by atoms with Crippen molar-refractivity contribution in [2.75, 3.05) is 11.5 Å². The van der Waals surface area contributed by atoms with Gasteiger partial charge in [-0.05, 0) is 13.8 Å². The van der Waals surface area contributed by atoms with E-state index in [0.29, 0.717) is 11.3 Å². The van der Waals surface area contributed by atoms with Crippen molar-refractivity contribution in [3.63, 3.8) is 0 Å². The van der Waals surface area contributed by atoms with Gasteiger partial charge in [0.1, 0.15) is 0 Å². The third-order valence-corrected chi connectivity index (χ3v) is 2.79. The third-order valence-electron chi connectivity index (χ3n) is 1.58. The molecular formula is C9H14O3S. The van der Waals surface area contributed by atoms with E-state index in [1.165, 1.54) is 0 Å². The van der Waals surface area contributed by atoms with Crippen LogP contribution >= 0.6 is 11.8 Å². The van der Waals surface area contributed by atoms with E-state index in [1.54, 1.807) is 18.7 Å². The molecule has 4 heteroatoms. The van der Waals surface area contributed by atoms with Crippen LogP contribution in [-0.4, -0.2) is 29.9 Å². The first-order chi connectivity index (χ1) is 6.09. The Balaban J connectivity index is 2.36. The molecule has 2 atom stereocenters. The number of rotatable bonds is 2. The minimum Gasteiger partial charge on any atom is -0.431 e. The number of carbonyl (C=O) groups excluding carboxylic acids is 1. The highest BCUT2D eigenvalue weighted by Crippen LogP contribution is 2.19.